The van der Waals surface area contributed by atoms with E-state index in [4.69, 9.17) is 4.74 Å². The smallest absolute Gasteiger partial charge is 0.313 e. The van der Waals surface area contributed by atoms with E-state index in [-0.39, 0.29) is 45.9 Å². The Morgan fingerprint density at radius 3 is 2.55 bits per heavy atom. The lowest BCUT2D eigenvalue weighted by Crippen LogP contribution is -2.66. The fourth-order valence-corrected chi connectivity index (χ4v) is 9.43. The van der Waals surface area contributed by atoms with Crippen LogP contribution in [0.5, 0.6) is 0 Å². The predicted octanol–water partition coefficient (Wildman–Crippen LogP) is 5.63. The molecule has 1 saturated heterocycles. The molecule has 4 nitrogen and oxygen atoms in total. The van der Waals surface area contributed by atoms with E-state index in [1.807, 2.05) is 6.08 Å². The van der Waals surface area contributed by atoms with Crippen molar-refractivity contribution in [3.05, 3.63) is 23.3 Å². The molecule has 2 bridgehead atoms. The quantitative estimate of drug-likeness (QED) is 0.354. The number of nitrogens with zero attached hydrogens (tertiary/aromatic N) is 1. The van der Waals surface area contributed by atoms with Gasteiger partial charge in [-0.2, -0.15) is 5.26 Å². The zero-order valence-corrected chi connectivity index (χ0v) is 20.2. The van der Waals surface area contributed by atoms with Crippen LogP contribution in [0.4, 0.5) is 4.39 Å². The summed E-state index contributed by atoms with van der Waals surface area (Å²) >= 11 is 0. The zero-order valence-electron chi connectivity index (χ0n) is 20.2. The molecule has 0 radical (unpaired) electrons. The minimum atomic E-state index is -1.36. The van der Waals surface area contributed by atoms with E-state index in [2.05, 4.69) is 33.8 Å². The molecule has 3 saturated carbocycles. The fourth-order valence-electron chi connectivity index (χ4n) is 9.43. The molecular formula is C28H34FNO3. The number of esters is 1. The number of alkyl halides is 1. The number of hydrogen-bond donors (Lipinski definition) is 0. The highest BCUT2D eigenvalue weighted by molar-refractivity contribution is 6.00. The van der Waals surface area contributed by atoms with Crippen LogP contribution in [0, 0.1) is 50.7 Å². The van der Waals surface area contributed by atoms with Gasteiger partial charge in [0.1, 0.15) is 6.07 Å². The Balaban J connectivity index is 1.53. The maximum atomic E-state index is 16.6. The average molecular weight is 452 g/mol. The Morgan fingerprint density at radius 2 is 1.82 bits per heavy atom. The number of nitriles is 1. The summed E-state index contributed by atoms with van der Waals surface area (Å²) in [5.74, 6) is -0.334. The van der Waals surface area contributed by atoms with E-state index in [0.29, 0.717) is 6.42 Å². The summed E-state index contributed by atoms with van der Waals surface area (Å²) in [6, 6.07) is 2.09. The summed E-state index contributed by atoms with van der Waals surface area (Å²) in [4.78, 5) is 25.9. The molecule has 0 N–H and O–H groups in total. The van der Waals surface area contributed by atoms with Crippen LogP contribution in [0.15, 0.2) is 23.3 Å². The molecule has 1 spiro atoms. The molecule has 5 aliphatic carbocycles. The first-order chi connectivity index (χ1) is 15.4. The molecule has 0 aromatic rings. The van der Waals surface area contributed by atoms with Gasteiger partial charge in [-0.1, -0.05) is 39.3 Å². The molecule has 0 aromatic carbocycles. The Hall–Kier alpha value is -1.96. The van der Waals surface area contributed by atoms with Gasteiger partial charge in [0, 0.05) is 23.7 Å². The average Bonchev–Trinajstić information content (AvgIpc) is 2.89. The number of Topliss-reactive ketones (excluding diaryl/α,β-unsaturated/α-hetero) is 1. The molecule has 0 amide bonds. The Bertz CT molecular complexity index is 1080. The number of hydrogen-bond acceptors (Lipinski definition) is 4. The Labute approximate surface area is 195 Å². The van der Waals surface area contributed by atoms with Gasteiger partial charge in [0.15, 0.2) is 17.6 Å². The van der Waals surface area contributed by atoms with Gasteiger partial charge in [0.25, 0.3) is 0 Å². The molecule has 33 heavy (non-hydrogen) atoms. The first-order valence-corrected chi connectivity index (χ1v) is 12.7. The van der Waals surface area contributed by atoms with E-state index in [9.17, 15) is 14.9 Å². The molecule has 1 heterocycles. The summed E-state index contributed by atoms with van der Waals surface area (Å²) in [7, 11) is 0. The van der Waals surface area contributed by atoms with Crippen molar-refractivity contribution in [2.45, 2.75) is 90.8 Å². The monoisotopic (exact) mass is 451 g/mol. The second-order valence-electron chi connectivity index (χ2n) is 13.1. The minimum absolute atomic E-state index is 0.0689. The van der Waals surface area contributed by atoms with Crippen molar-refractivity contribution in [2.75, 3.05) is 0 Å². The number of ether oxygens (including phenoxy) is 1. The van der Waals surface area contributed by atoms with Gasteiger partial charge in [-0.05, 0) is 67.8 Å². The van der Waals surface area contributed by atoms with Crippen LogP contribution in [0.1, 0.15) is 79.1 Å². The second kappa shape index (κ2) is 6.18. The highest BCUT2D eigenvalue weighted by atomic mass is 19.1. The van der Waals surface area contributed by atoms with Crippen LogP contribution in [-0.4, -0.2) is 23.5 Å². The second-order valence-corrected chi connectivity index (χ2v) is 13.1. The standard InChI is InChI=1S/C28H34FNO3/c1-24(2)9-10-27-8-6-19-25(3)7-5-17-11-18(31)16(15-30)13-26(17,4)20(25)12-22(29)28(19,21(27)14-24)33-23(27)32/h12-13,17,19,21-22H,5-11,14H2,1-4H3. The summed E-state index contributed by atoms with van der Waals surface area (Å²) < 4.78 is 22.9. The molecule has 176 valence electrons. The van der Waals surface area contributed by atoms with Crippen molar-refractivity contribution < 1.29 is 18.7 Å². The molecule has 0 aromatic heterocycles. The molecule has 8 atom stereocenters. The Morgan fingerprint density at radius 1 is 1.06 bits per heavy atom. The lowest BCUT2D eigenvalue weighted by molar-refractivity contribution is -0.185. The van der Waals surface area contributed by atoms with Crippen LogP contribution in [0.25, 0.3) is 0 Å². The van der Waals surface area contributed by atoms with Crippen LogP contribution < -0.4 is 0 Å². The van der Waals surface area contributed by atoms with Crippen LogP contribution >= 0.6 is 0 Å². The van der Waals surface area contributed by atoms with Gasteiger partial charge in [-0.3, -0.25) is 9.59 Å². The van der Waals surface area contributed by atoms with Crippen molar-refractivity contribution in [2.24, 2.45) is 39.4 Å². The predicted molar refractivity (Wildman–Crippen MR) is 120 cm³/mol. The maximum Gasteiger partial charge on any atom is 0.313 e. The van der Waals surface area contributed by atoms with Crippen molar-refractivity contribution >= 4 is 11.8 Å². The Kier molecular flexibility index (Phi) is 4.04. The molecule has 5 heteroatoms. The van der Waals surface area contributed by atoms with E-state index in [0.717, 1.165) is 50.5 Å². The van der Waals surface area contributed by atoms with E-state index < -0.39 is 22.6 Å². The van der Waals surface area contributed by atoms with Crippen LogP contribution in [0.3, 0.4) is 0 Å². The number of ketones is 1. The first-order valence-electron chi connectivity index (χ1n) is 12.7. The molecule has 8 unspecified atom stereocenters. The topological polar surface area (TPSA) is 67.2 Å². The number of carbonyl (C=O) groups is 2. The first kappa shape index (κ1) is 21.6. The zero-order chi connectivity index (χ0) is 23.6. The summed E-state index contributed by atoms with van der Waals surface area (Å²) in [6.45, 7) is 8.81. The normalized spacial score (nSPS) is 51.6. The number of rotatable bonds is 0. The third kappa shape index (κ3) is 2.36. The van der Waals surface area contributed by atoms with Crippen molar-refractivity contribution in [3.63, 3.8) is 0 Å². The summed E-state index contributed by atoms with van der Waals surface area (Å²) in [5, 5.41) is 9.57. The number of halogens is 1. The van der Waals surface area contributed by atoms with Gasteiger partial charge in [0.05, 0.1) is 11.0 Å². The van der Waals surface area contributed by atoms with Crippen LogP contribution in [0.2, 0.25) is 0 Å². The number of allylic oxidation sites excluding steroid dienone is 3. The highest BCUT2D eigenvalue weighted by Crippen LogP contribution is 2.74. The van der Waals surface area contributed by atoms with Gasteiger partial charge in [-0.25, -0.2) is 4.39 Å². The minimum Gasteiger partial charge on any atom is -0.455 e. The van der Waals surface area contributed by atoms with Gasteiger partial charge in [-0.15, -0.1) is 0 Å². The van der Waals surface area contributed by atoms with Crippen molar-refractivity contribution in [1.29, 1.82) is 5.26 Å². The van der Waals surface area contributed by atoms with E-state index in [1.54, 1.807) is 6.08 Å². The number of fused-ring (bicyclic) bond motifs is 4. The lowest BCUT2D eigenvalue weighted by atomic mass is 9.39. The van der Waals surface area contributed by atoms with Gasteiger partial charge < -0.3 is 4.74 Å². The lowest BCUT2D eigenvalue weighted by Gasteiger charge is -2.64. The molecule has 6 rings (SSSR count). The van der Waals surface area contributed by atoms with Crippen LogP contribution in [-0.2, 0) is 14.3 Å². The summed E-state index contributed by atoms with van der Waals surface area (Å²) in [5.41, 5.74) is -1.13. The SMILES string of the molecule is CC1(C)CCC23CCC4C5(C)CCC6CC(=O)C(C#N)=CC6(C)C5=CC(F)C4(OC2=O)C3C1. The fraction of sp³-hybridized carbons (Fsp3) is 0.750. The number of carbonyl (C=O) groups excluding carboxylic acids is 2. The van der Waals surface area contributed by atoms with Crippen molar-refractivity contribution in [1.82, 2.24) is 0 Å². The van der Waals surface area contributed by atoms with Gasteiger partial charge in [0.2, 0.25) is 0 Å². The van der Waals surface area contributed by atoms with E-state index >= 15 is 4.39 Å². The summed E-state index contributed by atoms with van der Waals surface area (Å²) in [6.07, 6.45) is 8.49. The third-order valence-electron chi connectivity index (χ3n) is 11.2. The van der Waals surface area contributed by atoms with Crippen molar-refractivity contribution in [3.8, 4) is 6.07 Å². The molecule has 6 aliphatic rings. The third-order valence-corrected chi connectivity index (χ3v) is 11.2. The van der Waals surface area contributed by atoms with Gasteiger partial charge >= 0.3 is 5.97 Å². The van der Waals surface area contributed by atoms with E-state index in [1.165, 1.54) is 0 Å². The molecular weight excluding hydrogens is 417 g/mol. The molecule has 1 aliphatic heterocycles. The molecule has 4 fully saturated rings. The largest absolute Gasteiger partial charge is 0.455 e. The maximum absolute atomic E-state index is 16.6. The highest BCUT2D eigenvalue weighted by Gasteiger charge is 2.78.